The van der Waals surface area contributed by atoms with Gasteiger partial charge in [-0.15, -0.1) is 0 Å². The SMILES string of the molecule is O=C(NCC1CC(O)C1)c1cc(C2CC2)on1. The van der Waals surface area contributed by atoms with Crippen molar-refractivity contribution >= 4 is 5.91 Å². The summed E-state index contributed by atoms with van der Waals surface area (Å²) in [6.07, 6.45) is 3.66. The maximum atomic E-state index is 11.7. The minimum atomic E-state index is -0.179. The average molecular weight is 236 g/mol. The zero-order valence-corrected chi connectivity index (χ0v) is 9.56. The van der Waals surface area contributed by atoms with E-state index in [-0.39, 0.29) is 12.0 Å². The molecular formula is C12H16N2O3. The number of aromatic nitrogens is 1. The molecule has 92 valence electrons. The van der Waals surface area contributed by atoms with Crippen molar-refractivity contribution in [3.05, 3.63) is 17.5 Å². The molecule has 1 aromatic heterocycles. The summed E-state index contributed by atoms with van der Waals surface area (Å²) in [7, 11) is 0. The second-order valence-corrected chi connectivity index (χ2v) is 5.09. The molecule has 2 aliphatic carbocycles. The van der Waals surface area contributed by atoms with Gasteiger partial charge in [-0.25, -0.2) is 0 Å². The van der Waals surface area contributed by atoms with E-state index in [0.717, 1.165) is 31.4 Å². The summed E-state index contributed by atoms with van der Waals surface area (Å²) in [5.41, 5.74) is 0.367. The zero-order valence-electron chi connectivity index (χ0n) is 9.56. The third-order valence-corrected chi connectivity index (χ3v) is 3.50. The fourth-order valence-corrected chi connectivity index (χ4v) is 2.15. The summed E-state index contributed by atoms with van der Waals surface area (Å²) in [4.78, 5) is 11.7. The van der Waals surface area contributed by atoms with Gasteiger partial charge in [0, 0.05) is 18.5 Å². The van der Waals surface area contributed by atoms with E-state index in [2.05, 4.69) is 10.5 Å². The number of hydrogen-bond donors (Lipinski definition) is 2. The quantitative estimate of drug-likeness (QED) is 0.819. The number of hydrogen-bond acceptors (Lipinski definition) is 4. The van der Waals surface area contributed by atoms with Crippen LogP contribution < -0.4 is 5.32 Å². The number of aliphatic hydroxyl groups excluding tert-OH is 1. The molecule has 5 heteroatoms. The van der Waals surface area contributed by atoms with Crippen molar-refractivity contribution in [1.29, 1.82) is 0 Å². The van der Waals surface area contributed by atoms with Gasteiger partial charge in [-0.3, -0.25) is 4.79 Å². The number of amides is 1. The van der Waals surface area contributed by atoms with Gasteiger partial charge in [0.15, 0.2) is 5.69 Å². The Bertz CT molecular complexity index is 419. The van der Waals surface area contributed by atoms with Crippen LogP contribution in [0.4, 0.5) is 0 Å². The molecule has 0 spiro atoms. The van der Waals surface area contributed by atoms with Gasteiger partial charge in [-0.2, -0.15) is 0 Å². The lowest BCUT2D eigenvalue weighted by Crippen LogP contribution is -2.38. The van der Waals surface area contributed by atoms with Crippen LogP contribution in [-0.2, 0) is 0 Å². The molecule has 0 aliphatic heterocycles. The monoisotopic (exact) mass is 236 g/mol. The van der Waals surface area contributed by atoms with Gasteiger partial charge in [0.2, 0.25) is 0 Å². The number of carbonyl (C=O) groups is 1. The van der Waals surface area contributed by atoms with Crippen LogP contribution in [-0.4, -0.2) is 28.8 Å². The molecule has 0 unspecified atom stereocenters. The van der Waals surface area contributed by atoms with E-state index in [4.69, 9.17) is 9.63 Å². The second-order valence-electron chi connectivity index (χ2n) is 5.09. The van der Waals surface area contributed by atoms with Gasteiger partial charge in [-0.05, 0) is 31.6 Å². The van der Waals surface area contributed by atoms with Crippen LogP contribution >= 0.6 is 0 Å². The molecule has 0 saturated heterocycles. The highest BCUT2D eigenvalue weighted by molar-refractivity contribution is 5.92. The van der Waals surface area contributed by atoms with Gasteiger partial charge >= 0.3 is 0 Å². The summed E-state index contributed by atoms with van der Waals surface area (Å²) < 4.78 is 5.12. The van der Waals surface area contributed by atoms with Crippen LogP contribution in [0.2, 0.25) is 0 Å². The topological polar surface area (TPSA) is 75.4 Å². The van der Waals surface area contributed by atoms with Crippen LogP contribution in [0.25, 0.3) is 0 Å². The Kier molecular flexibility index (Phi) is 2.63. The minimum absolute atomic E-state index is 0.176. The molecule has 0 atom stereocenters. The lowest BCUT2D eigenvalue weighted by Gasteiger charge is -2.31. The molecular weight excluding hydrogens is 220 g/mol. The Morgan fingerprint density at radius 2 is 2.29 bits per heavy atom. The summed E-state index contributed by atoms with van der Waals surface area (Å²) in [5, 5.41) is 15.7. The van der Waals surface area contributed by atoms with E-state index in [1.165, 1.54) is 0 Å². The zero-order chi connectivity index (χ0) is 11.8. The number of nitrogens with zero attached hydrogens (tertiary/aromatic N) is 1. The molecule has 2 N–H and O–H groups in total. The third kappa shape index (κ3) is 2.34. The molecule has 2 fully saturated rings. The van der Waals surface area contributed by atoms with E-state index in [1.807, 2.05) is 0 Å². The highest BCUT2D eigenvalue weighted by Gasteiger charge is 2.30. The number of carbonyl (C=O) groups excluding carboxylic acids is 1. The summed E-state index contributed by atoms with van der Waals surface area (Å²) in [6, 6.07) is 1.74. The molecule has 2 aliphatic rings. The number of aliphatic hydroxyl groups is 1. The molecule has 3 rings (SSSR count). The highest BCUT2D eigenvalue weighted by Crippen LogP contribution is 2.40. The summed E-state index contributed by atoms with van der Waals surface area (Å²) in [6.45, 7) is 0.613. The lowest BCUT2D eigenvalue weighted by atomic mass is 9.82. The van der Waals surface area contributed by atoms with Gasteiger partial charge in [0.05, 0.1) is 6.10 Å². The summed E-state index contributed by atoms with van der Waals surface area (Å²) >= 11 is 0. The van der Waals surface area contributed by atoms with Crippen molar-refractivity contribution < 1.29 is 14.4 Å². The van der Waals surface area contributed by atoms with Gasteiger partial charge in [0.25, 0.3) is 5.91 Å². The van der Waals surface area contributed by atoms with Crippen LogP contribution in [0.3, 0.4) is 0 Å². The molecule has 0 radical (unpaired) electrons. The van der Waals surface area contributed by atoms with Gasteiger partial charge in [0.1, 0.15) is 5.76 Å². The Morgan fingerprint density at radius 3 is 2.94 bits per heavy atom. The number of nitrogens with one attached hydrogen (secondary N) is 1. The van der Waals surface area contributed by atoms with Crippen molar-refractivity contribution in [2.24, 2.45) is 5.92 Å². The standard InChI is InChI=1S/C12H16N2O3/c15-9-3-7(4-9)6-13-12(16)10-5-11(17-14-10)8-1-2-8/h5,7-9,15H,1-4,6H2,(H,13,16). The minimum Gasteiger partial charge on any atom is -0.393 e. The molecule has 1 aromatic rings. The van der Waals surface area contributed by atoms with Crippen molar-refractivity contribution in [3.63, 3.8) is 0 Å². The first kappa shape index (κ1) is 10.8. The Labute approximate surface area is 99.2 Å². The van der Waals surface area contributed by atoms with Gasteiger partial charge < -0.3 is 14.9 Å². The maximum Gasteiger partial charge on any atom is 0.273 e. The van der Waals surface area contributed by atoms with Crippen molar-refractivity contribution in [3.8, 4) is 0 Å². The van der Waals surface area contributed by atoms with E-state index in [0.29, 0.717) is 24.1 Å². The van der Waals surface area contributed by atoms with Crippen molar-refractivity contribution in [2.45, 2.75) is 37.7 Å². The van der Waals surface area contributed by atoms with Gasteiger partial charge in [-0.1, -0.05) is 5.16 Å². The third-order valence-electron chi connectivity index (χ3n) is 3.50. The van der Waals surface area contributed by atoms with Crippen LogP contribution in [0.1, 0.15) is 47.8 Å². The molecule has 2 saturated carbocycles. The van der Waals surface area contributed by atoms with Crippen LogP contribution in [0, 0.1) is 5.92 Å². The Hall–Kier alpha value is -1.36. The Morgan fingerprint density at radius 1 is 1.53 bits per heavy atom. The van der Waals surface area contributed by atoms with E-state index in [1.54, 1.807) is 6.07 Å². The summed E-state index contributed by atoms with van der Waals surface area (Å²) in [5.74, 6) is 1.53. The first-order valence-electron chi connectivity index (χ1n) is 6.15. The molecule has 1 heterocycles. The fraction of sp³-hybridized carbons (Fsp3) is 0.667. The largest absolute Gasteiger partial charge is 0.393 e. The molecule has 17 heavy (non-hydrogen) atoms. The molecule has 1 amide bonds. The average Bonchev–Trinajstić information content (AvgIpc) is 3.01. The maximum absolute atomic E-state index is 11.7. The molecule has 0 aromatic carbocycles. The Balaban J connectivity index is 1.50. The van der Waals surface area contributed by atoms with Crippen LogP contribution in [0.15, 0.2) is 10.6 Å². The van der Waals surface area contributed by atoms with E-state index in [9.17, 15) is 4.79 Å². The van der Waals surface area contributed by atoms with Crippen molar-refractivity contribution in [1.82, 2.24) is 10.5 Å². The predicted molar refractivity (Wildman–Crippen MR) is 59.5 cm³/mol. The number of rotatable bonds is 4. The first-order chi connectivity index (χ1) is 8.22. The van der Waals surface area contributed by atoms with E-state index >= 15 is 0 Å². The lowest BCUT2D eigenvalue weighted by molar-refractivity contribution is 0.0419. The smallest absolute Gasteiger partial charge is 0.273 e. The van der Waals surface area contributed by atoms with Crippen molar-refractivity contribution in [2.75, 3.05) is 6.54 Å². The molecule has 0 bridgehead atoms. The fourth-order valence-electron chi connectivity index (χ4n) is 2.15. The normalized spacial score (nSPS) is 27.6. The van der Waals surface area contributed by atoms with Crippen LogP contribution in [0.5, 0.6) is 0 Å². The second kappa shape index (κ2) is 4.14. The predicted octanol–water partition coefficient (Wildman–Crippen LogP) is 1.05. The first-order valence-corrected chi connectivity index (χ1v) is 6.15. The highest BCUT2D eigenvalue weighted by atomic mass is 16.5. The molecule has 5 nitrogen and oxygen atoms in total. The van der Waals surface area contributed by atoms with E-state index < -0.39 is 0 Å².